The van der Waals surface area contributed by atoms with Crippen LogP contribution >= 0.6 is 0 Å². The summed E-state index contributed by atoms with van der Waals surface area (Å²) in [5, 5.41) is 5.52. The number of fused-ring (bicyclic) bond motifs is 3. The summed E-state index contributed by atoms with van der Waals surface area (Å²) in [6.07, 6.45) is 6.02. The Labute approximate surface area is 290 Å². The van der Waals surface area contributed by atoms with Crippen LogP contribution in [0.3, 0.4) is 0 Å². The Morgan fingerprint density at radius 2 is 1.82 bits per heavy atom. The smallest absolute Gasteiger partial charge is 0.408 e. The van der Waals surface area contributed by atoms with E-state index in [9.17, 15) is 32.4 Å². The van der Waals surface area contributed by atoms with Gasteiger partial charge >= 0.3 is 12.1 Å². The molecule has 0 radical (unpaired) electrons. The van der Waals surface area contributed by atoms with Crippen molar-refractivity contribution in [1.82, 2.24) is 20.3 Å². The molecule has 14 nitrogen and oxygen atoms in total. The zero-order valence-corrected chi connectivity index (χ0v) is 29.3. The number of alkyl carbamates (subject to hydrolysis) is 1. The largest absolute Gasteiger partial charge is 0.455 e. The third-order valence-electron chi connectivity index (χ3n) is 9.43. The highest BCUT2D eigenvalue weighted by molar-refractivity contribution is 7.91. The van der Waals surface area contributed by atoms with Crippen molar-refractivity contribution >= 4 is 50.8 Å². The highest BCUT2D eigenvalue weighted by atomic mass is 32.2. The SMILES string of the molecule is CC(C)(C)OC(=O)N[C@H]1CCCCC/C=C\[C@H]2C[C@@]2(C(=O)NS(=O)(=O)C2CC2)NC(=O)[C@@H]2C[C@@H](OC(=O)c3cc4ccccc4o3)CN2C1=O. The number of ether oxygens (including phenoxy) is 2. The number of furan rings is 1. The highest BCUT2D eigenvalue weighted by Crippen LogP contribution is 2.46. The summed E-state index contributed by atoms with van der Waals surface area (Å²) in [5.41, 5.74) is -1.88. The van der Waals surface area contributed by atoms with Gasteiger partial charge in [0, 0.05) is 17.7 Å². The van der Waals surface area contributed by atoms with E-state index in [4.69, 9.17) is 13.9 Å². The average Bonchev–Trinajstić information content (AvgIpc) is 3.92. The summed E-state index contributed by atoms with van der Waals surface area (Å²) in [7, 11) is -3.91. The van der Waals surface area contributed by atoms with Crippen LogP contribution < -0.4 is 15.4 Å². The molecule has 5 atom stereocenters. The number of rotatable bonds is 6. The monoisotopic (exact) mass is 712 g/mol. The van der Waals surface area contributed by atoms with Gasteiger partial charge in [-0.15, -0.1) is 0 Å². The predicted molar refractivity (Wildman–Crippen MR) is 180 cm³/mol. The molecule has 4 amide bonds. The van der Waals surface area contributed by atoms with Crippen LogP contribution in [0.15, 0.2) is 46.9 Å². The minimum absolute atomic E-state index is 0.0454. The third kappa shape index (κ3) is 7.98. The number of carbonyl (C=O) groups is 5. The summed E-state index contributed by atoms with van der Waals surface area (Å²) in [5.74, 6) is -3.39. The lowest BCUT2D eigenvalue weighted by atomic mass is 10.0. The van der Waals surface area contributed by atoms with Crippen molar-refractivity contribution in [1.29, 1.82) is 0 Å². The number of benzene rings is 1. The second-order valence-electron chi connectivity index (χ2n) is 14.6. The van der Waals surface area contributed by atoms with Crippen LogP contribution in [-0.4, -0.2) is 84.2 Å². The van der Waals surface area contributed by atoms with Gasteiger partial charge in [-0.3, -0.25) is 19.1 Å². The highest BCUT2D eigenvalue weighted by Gasteiger charge is 2.62. The van der Waals surface area contributed by atoms with Gasteiger partial charge in [0.25, 0.3) is 5.91 Å². The van der Waals surface area contributed by atoms with Crippen LogP contribution in [0.2, 0.25) is 0 Å². The summed E-state index contributed by atoms with van der Waals surface area (Å²) in [6, 6.07) is 6.34. The van der Waals surface area contributed by atoms with Crippen molar-refractivity contribution in [2.75, 3.05) is 6.54 Å². The zero-order chi connectivity index (χ0) is 35.8. The molecule has 15 heteroatoms. The van der Waals surface area contributed by atoms with Gasteiger partial charge in [0.15, 0.2) is 0 Å². The lowest BCUT2D eigenvalue weighted by Gasteiger charge is -2.30. The molecule has 1 aromatic carbocycles. The van der Waals surface area contributed by atoms with Crippen molar-refractivity contribution in [3.63, 3.8) is 0 Å². The molecule has 2 saturated carbocycles. The fourth-order valence-electron chi connectivity index (χ4n) is 6.59. The van der Waals surface area contributed by atoms with Crippen LogP contribution in [0.25, 0.3) is 11.0 Å². The first-order valence-corrected chi connectivity index (χ1v) is 18.7. The van der Waals surface area contributed by atoms with Crippen LogP contribution in [0.1, 0.15) is 89.1 Å². The van der Waals surface area contributed by atoms with E-state index in [-0.39, 0.29) is 31.6 Å². The lowest BCUT2D eigenvalue weighted by molar-refractivity contribution is -0.141. The van der Waals surface area contributed by atoms with Gasteiger partial charge in [-0.05, 0) is 71.4 Å². The summed E-state index contributed by atoms with van der Waals surface area (Å²) in [4.78, 5) is 69.3. The number of hydrogen-bond acceptors (Lipinski definition) is 10. The molecule has 2 aliphatic carbocycles. The Kier molecular flexibility index (Phi) is 9.72. The van der Waals surface area contributed by atoms with Gasteiger partial charge in [0.2, 0.25) is 27.6 Å². The maximum Gasteiger partial charge on any atom is 0.408 e. The molecule has 0 unspecified atom stereocenters. The van der Waals surface area contributed by atoms with Crippen LogP contribution in [-0.2, 0) is 33.9 Å². The molecule has 3 N–H and O–H groups in total. The first kappa shape index (κ1) is 35.4. The molecule has 2 aromatic rings. The molecule has 1 saturated heterocycles. The quantitative estimate of drug-likeness (QED) is 0.295. The van der Waals surface area contributed by atoms with Crippen LogP contribution in [0, 0.1) is 5.92 Å². The average molecular weight is 713 g/mol. The van der Waals surface area contributed by atoms with Gasteiger partial charge in [-0.2, -0.15) is 0 Å². The van der Waals surface area contributed by atoms with Crippen molar-refractivity contribution in [2.45, 2.75) is 113 Å². The van der Waals surface area contributed by atoms with Gasteiger partial charge in [-0.1, -0.05) is 43.2 Å². The van der Waals surface area contributed by atoms with Crippen molar-refractivity contribution in [3.8, 4) is 0 Å². The summed E-state index contributed by atoms with van der Waals surface area (Å²) < 4.78 is 44.5. The predicted octanol–water partition coefficient (Wildman–Crippen LogP) is 3.46. The van der Waals surface area contributed by atoms with Crippen molar-refractivity contribution in [3.05, 3.63) is 48.2 Å². The number of hydrogen-bond donors (Lipinski definition) is 3. The van der Waals surface area contributed by atoms with Gasteiger partial charge in [-0.25, -0.2) is 18.0 Å². The fourth-order valence-corrected chi connectivity index (χ4v) is 7.95. The Morgan fingerprint density at radius 1 is 1.06 bits per heavy atom. The molecule has 0 bridgehead atoms. The first-order chi connectivity index (χ1) is 23.6. The molecule has 2 aliphatic heterocycles. The van der Waals surface area contributed by atoms with E-state index in [2.05, 4.69) is 15.4 Å². The topological polar surface area (TPSA) is 190 Å². The zero-order valence-electron chi connectivity index (χ0n) is 28.4. The second kappa shape index (κ2) is 13.7. The molecule has 50 heavy (non-hydrogen) atoms. The number of carbonyl (C=O) groups excluding carboxylic acids is 5. The van der Waals surface area contributed by atoms with Crippen LogP contribution in [0.4, 0.5) is 4.79 Å². The molecular weight excluding hydrogens is 668 g/mol. The minimum atomic E-state index is -3.91. The minimum Gasteiger partial charge on any atom is -0.455 e. The Morgan fingerprint density at radius 3 is 2.54 bits per heavy atom. The second-order valence-corrected chi connectivity index (χ2v) is 16.6. The molecule has 3 heterocycles. The van der Waals surface area contributed by atoms with E-state index in [1.54, 1.807) is 51.1 Å². The number of esters is 1. The number of nitrogens with one attached hydrogen (secondary N) is 3. The van der Waals surface area contributed by atoms with E-state index in [0.717, 1.165) is 12.8 Å². The third-order valence-corrected chi connectivity index (χ3v) is 11.3. The molecule has 270 valence electrons. The van der Waals surface area contributed by atoms with Gasteiger partial charge < -0.3 is 29.4 Å². The maximum atomic E-state index is 14.3. The number of sulfonamides is 1. The maximum absolute atomic E-state index is 14.3. The Hall–Kier alpha value is -4.40. The number of allylic oxidation sites excluding steroid dienone is 1. The van der Waals surface area contributed by atoms with Gasteiger partial charge in [0.1, 0.15) is 34.9 Å². The normalized spacial score (nSPS) is 28.3. The van der Waals surface area contributed by atoms with Crippen molar-refractivity contribution < 1.29 is 46.3 Å². The number of amides is 4. The Bertz CT molecular complexity index is 1780. The standard InChI is InChI=1S/C35H44N4O10S/c1-34(2,3)49-33(44)36-25-13-8-6-4-5-7-12-22-19-35(22,32(43)38-50(45,46)24-15-16-24)37-29(40)26-18-23(20-39(26)30(25)41)47-31(42)28-17-21-11-9-10-14-27(21)48-28/h7,9-12,14,17,22-26H,4-6,8,13,15-16,18-20H2,1-3H3,(H,36,44)(H,37,40)(H,38,43)/b12-7-/t22-,23+,25-,26-,35+/m0/s1. The van der Waals surface area contributed by atoms with Crippen LogP contribution in [0.5, 0.6) is 0 Å². The Balaban J connectivity index is 1.27. The molecule has 6 rings (SSSR count). The van der Waals surface area contributed by atoms with E-state index in [1.165, 1.54) is 4.90 Å². The molecule has 0 spiro atoms. The lowest BCUT2D eigenvalue weighted by Crippen LogP contribution is -2.58. The molecular formula is C35H44N4O10S. The molecule has 1 aromatic heterocycles. The van der Waals surface area contributed by atoms with E-state index < -0.39 is 80.3 Å². The number of para-hydroxylation sites is 1. The summed E-state index contributed by atoms with van der Waals surface area (Å²) >= 11 is 0. The summed E-state index contributed by atoms with van der Waals surface area (Å²) in [6.45, 7) is 4.93. The van der Waals surface area contributed by atoms with E-state index in [1.807, 2.05) is 12.2 Å². The van der Waals surface area contributed by atoms with E-state index >= 15 is 0 Å². The first-order valence-electron chi connectivity index (χ1n) is 17.2. The molecule has 4 aliphatic rings. The van der Waals surface area contributed by atoms with E-state index in [0.29, 0.717) is 36.7 Å². The number of nitrogens with zero attached hydrogens (tertiary/aromatic N) is 1. The van der Waals surface area contributed by atoms with Crippen molar-refractivity contribution in [2.24, 2.45) is 5.92 Å². The molecule has 3 fully saturated rings. The van der Waals surface area contributed by atoms with Gasteiger partial charge in [0.05, 0.1) is 11.8 Å². The fraction of sp³-hybridized carbons (Fsp3) is 0.571.